The first-order valence-electron chi connectivity index (χ1n) is 9.51. The number of aromatic nitrogens is 2. The van der Waals surface area contributed by atoms with Gasteiger partial charge in [-0.15, -0.1) is 0 Å². The van der Waals surface area contributed by atoms with Gasteiger partial charge in [0.25, 0.3) is 11.5 Å². The second-order valence-electron chi connectivity index (χ2n) is 7.37. The Bertz CT molecular complexity index is 817. The van der Waals surface area contributed by atoms with Gasteiger partial charge in [0.2, 0.25) is 0 Å². The van der Waals surface area contributed by atoms with Crippen molar-refractivity contribution in [2.75, 3.05) is 39.3 Å². The number of aromatic amines is 1. The van der Waals surface area contributed by atoms with E-state index in [1.54, 1.807) is 9.80 Å². The highest BCUT2D eigenvalue weighted by Gasteiger charge is 2.33. The Morgan fingerprint density at radius 3 is 2.04 bits per heavy atom. The number of carbonyl (C=O) groups is 3. The third-order valence-corrected chi connectivity index (χ3v) is 5.37. The Balaban J connectivity index is 1.37. The van der Waals surface area contributed by atoms with Crippen molar-refractivity contribution in [3.63, 3.8) is 0 Å². The fourth-order valence-corrected chi connectivity index (χ4v) is 3.60. The van der Waals surface area contributed by atoms with Gasteiger partial charge in [-0.25, -0.2) is 4.98 Å². The van der Waals surface area contributed by atoms with Crippen LogP contribution in [-0.4, -0.2) is 81.7 Å². The maximum absolute atomic E-state index is 12.7. The minimum atomic E-state index is -0.491. The van der Waals surface area contributed by atoms with Gasteiger partial charge < -0.3 is 19.7 Å². The smallest absolute Gasteiger partial charge is 0.312 e. The minimum Gasteiger partial charge on any atom is -0.334 e. The van der Waals surface area contributed by atoms with E-state index in [1.165, 1.54) is 11.0 Å². The molecule has 1 aromatic rings. The lowest BCUT2D eigenvalue weighted by atomic mass is 10.2. The van der Waals surface area contributed by atoms with Crippen LogP contribution in [0.5, 0.6) is 0 Å². The van der Waals surface area contributed by atoms with E-state index in [0.29, 0.717) is 45.1 Å². The standard InChI is InChI=1S/C18H23N5O4/c24-14-11-13(19-15(20-14)12-3-4-12)16(25)22-7-9-23(10-8-22)18(27)17(26)21-5-1-2-6-21/h11-12H,1-10H2,(H,19,20,24). The normalized spacial score (nSPS) is 20.1. The summed E-state index contributed by atoms with van der Waals surface area (Å²) >= 11 is 0. The lowest BCUT2D eigenvalue weighted by molar-refractivity contribution is -0.152. The van der Waals surface area contributed by atoms with Crippen LogP contribution >= 0.6 is 0 Å². The summed E-state index contributed by atoms with van der Waals surface area (Å²) in [5, 5.41) is 0. The molecule has 1 aromatic heterocycles. The van der Waals surface area contributed by atoms with Gasteiger partial charge in [0.1, 0.15) is 11.5 Å². The fourth-order valence-electron chi connectivity index (χ4n) is 3.60. The van der Waals surface area contributed by atoms with Crippen molar-refractivity contribution in [1.82, 2.24) is 24.7 Å². The van der Waals surface area contributed by atoms with Crippen LogP contribution in [0.1, 0.15) is 47.9 Å². The number of nitrogens with one attached hydrogen (secondary N) is 1. The summed E-state index contributed by atoms with van der Waals surface area (Å²) in [6.45, 7) is 2.54. The monoisotopic (exact) mass is 373 g/mol. The van der Waals surface area contributed by atoms with Crippen LogP contribution in [-0.2, 0) is 9.59 Å². The molecule has 0 atom stereocenters. The molecular weight excluding hydrogens is 350 g/mol. The molecule has 1 saturated carbocycles. The first-order chi connectivity index (χ1) is 13.0. The van der Waals surface area contributed by atoms with Crippen molar-refractivity contribution in [3.05, 3.63) is 27.9 Å². The van der Waals surface area contributed by atoms with Crippen LogP contribution in [0.25, 0.3) is 0 Å². The summed E-state index contributed by atoms with van der Waals surface area (Å²) in [5.41, 5.74) is -0.172. The van der Waals surface area contributed by atoms with E-state index in [4.69, 9.17) is 0 Å². The number of amides is 3. The summed E-state index contributed by atoms with van der Waals surface area (Å²) in [5.74, 6) is -0.416. The van der Waals surface area contributed by atoms with E-state index in [1.807, 2.05) is 0 Å². The van der Waals surface area contributed by atoms with E-state index in [-0.39, 0.29) is 23.1 Å². The number of hydrogen-bond donors (Lipinski definition) is 1. The van der Waals surface area contributed by atoms with Gasteiger partial charge in [-0.3, -0.25) is 19.2 Å². The number of hydrogen-bond acceptors (Lipinski definition) is 5. The van der Waals surface area contributed by atoms with Gasteiger partial charge in [-0.05, 0) is 25.7 Å². The molecule has 1 aliphatic carbocycles. The first-order valence-corrected chi connectivity index (χ1v) is 9.51. The van der Waals surface area contributed by atoms with Crippen molar-refractivity contribution >= 4 is 17.7 Å². The molecule has 0 spiro atoms. The Morgan fingerprint density at radius 1 is 0.889 bits per heavy atom. The zero-order chi connectivity index (χ0) is 19.0. The maximum atomic E-state index is 12.7. The van der Waals surface area contributed by atoms with Crippen molar-refractivity contribution in [3.8, 4) is 0 Å². The summed E-state index contributed by atoms with van der Waals surface area (Å²) in [7, 11) is 0. The van der Waals surface area contributed by atoms with Crippen LogP contribution in [0, 0.1) is 0 Å². The van der Waals surface area contributed by atoms with Crippen molar-refractivity contribution in [2.45, 2.75) is 31.6 Å². The molecule has 0 aromatic carbocycles. The first kappa shape index (κ1) is 17.7. The molecular formula is C18H23N5O4. The van der Waals surface area contributed by atoms with E-state index < -0.39 is 11.8 Å². The molecule has 2 aliphatic heterocycles. The van der Waals surface area contributed by atoms with Gasteiger partial charge in [-0.1, -0.05) is 0 Å². The van der Waals surface area contributed by atoms with Gasteiger partial charge in [-0.2, -0.15) is 0 Å². The number of carbonyl (C=O) groups excluding carboxylic acids is 3. The molecule has 3 fully saturated rings. The van der Waals surface area contributed by atoms with Crippen LogP contribution in [0.3, 0.4) is 0 Å². The molecule has 27 heavy (non-hydrogen) atoms. The average molecular weight is 373 g/mol. The number of piperazine rings is 1. The van der Waals surface area contributed by atoms with E-state index >= 15 is 0 Å². The van der Waals surface area contributed by atoms with Crippen LogP contribution < -0.4 is 5.56 Å². The van der Waals surface area contributed by atoms with Crippen LogP contribution in [0.4, 0.5) is 0 Å². The molecule has 4 rings (SSSR count). The van der Waals surface area contributed by atoms with Gasteiger partial charge in [0, 0.05) is 51.3 Å². The molecule has 1 N–H and O–H groups in total. The lowest BCUT2D eigenvalue weighted by Gasteiger charge is -2.34. The quantitative estimate of drug-likeness (QED) is 0.707. The predicted octanol–water partition coefficient (Wildman–Crippen LogP) is -0.446. The maximum Gasteiger partial charge on any atom is 0.312 e. The number of H-pyrrole nitrogens is 1. The fraction of sp³-hybridized carbons (Fsp3) is 0.611. The van der Waals surface area contributed by atoms with Crippen molar-refractivity contribution < 1.29 is 14.4 Å². The Kier molecular flexibility index (Phi) is 4.67. The number of likely N-dealkylation sites (tertiary alicyclic amines) is 1. The Morgan fingerprint density at radius 2 is 1.44 bits per heavy atom. The largest absolute Gasteiger partial charge is 0.334 e. The Hall–Kier alpha value is -2.71. The number of nitrogens with zero attached hydrogens (tertiary/aromatic N) is 4. The summed E-state index contributed by atoms with van der Waals surface area (Å²) < 4.78 is 0. The molecule has 9 nitrogen and oxygen atoms in total. The minimum absolute atomic E-state index is 0.147. The average Bonchev–Trinajstić information content (AvgIpc) is 3.40. The van der Waals surface area contributed by atoms with Crippen molar-refractivity contribution in [2.24, 2.45) is 0 Å². The zero-order valence-electron chi connectivity index (χ0n) is 15.1. The highest BCUT2D eigenvalue weighted by Crippen LogP contribution is 2.37. The predicted molar refractivity (Wildman–Crippen MR) is 95.1 cm³/mol. The molecule has 3 heterocycles. The van der Waals surface area contributed by atoms with Gasteiger partial charge in [0.15, 0.2) is 0 Å². The number of rotatable bonds is 2. The van der Waals surface area contributed by atoms with E-state index in [0.717, 1.165) is 25.7 Å². The Labute approximate surface area is 156 Å². The second-order valence-corrected chi connectivity index (χ2v) is 7.37. The van der Waals surface area contributed by atoms with Gasteiger partial charge in [0.05, 0.1) is 0 Å². The second kappa shape index (κ2) is 7.13. The molecule has 0 bridgehead atoms. The highest BCUT2D eigenvalue weighted by atomic mass is 16.2. The molecule has 0 radical (unpaired) electrons. The van der Waals surface area contributed by atoms with E-state index in [9.17, 15) is 19.2 Å². The highest BCUT2D eigenvalue weighted by molar-refractivity contribution is 6.35. The summed E-state index contributed by atoms with van der Waals surface area (Å²) in [6.07, 6.45) is 3.83. The third-order valence-electron chi connectivity index (χ3n) is 5.37. The molecule has 144 valence electrons. The molecule has 3 aliphatic rings. The van der Waals surface area contributed by atoms with E-state index in [2.05, 4.69) is 9.97 Å². The van der Waals surface area contributed by atoms with Crippen LogP contribution in [0.2, 0.25) is 0 Å². The molecule has 3 amide bonds. The molecule has 2 saturated heterocycles. The topological polar surface area (TPSA) is 107 Å². The zero-order valence-corrected chi connectivity index (χ0v) is 15.1. The SMILES string of the molecule is O=C(C(=O)N1CCN(C(=O)c2cc(=O)[nH]c(C3CC3)n2)CC1)N1CCCC1. The lowest BCUT2D eigenvalue weighted by Crippen LogP contribution is -2.54. The summed E-state index contributed by atoms with van der Waals surface area (Å²) in [4.78, 5) is 60.8. The molecule has 0 unspecified atom stereocenters. The van der Waals surface area contributed by atoms with Gasteiger partial charge >= 0.3 is 11.8 Å². The van der Waals surface area contributed by atoms with Crippen LogP contribution in [0.15, 0.2) is 10.9 Å². The van der Waals surface area contributed by atoms with Crippen molar-refractivity contribution in [1.29, 1.82) is 0 Å². The summed E-state index contributed by atoms with van der Waals surface area (Å²) in [6, 6.07) is 1.22. The third kappa shape index (κ3) is 3.72. The molecule has 9 heteroatoms.